The number of amides is 2. The van der Waals surface area contributed by atoms with E-state index in [0.29, 0.717) is 18.5 Å². The van der Waals surface area contributed by atoms with E-state index in [1.54, 1.807) is 5.32 Å². The maximum atomic E-state index is 14.4. The summed E-state index contributed by atoms with van der Waals surface area (Å²) in [6.07, 6.45) is -3.41. The standard InChI is InChI=1S/C25H29F4N3O2/c1-24(17-7-5-4-6-8-17)13-20(24)23(34)30-14-18(32(2)3)11-16-9-10-19(21(26)12-16)22(33)31-15-25(27,28)29/h4-10,12,18,20H,11,13-15H2,1-3H3,(H,30,34)(H,31,33)/t18-,20+,24+/m0/s1. The Morgan fingerprint density at radius 3 is 2.38 bits per heavy atom. The molecule has 2 amide bonds. The molecule has 0 saturated heterocycles. The summed E-state index contributed by atoms with van der Waals surface area (Å²) in [4.78, 5) is 26.5. The number of carbonyl (C=O) groups excluding carboxylic acids is 2. The van der Waals surface area contributed by atoms with Crippen molar-refractivity contribution in [3.63, 3.8) is 0 Å². The van der Waals surface area contributed by atoms with Crippen molar-refractivity contribution in [2.24, 2.45) is 5.92 Å². The van der Waals surface area contributed by atoms with Crippen molar-refractivity contribution >= 4 is 11.8 Å². The molecule has 2 aromatic carbocycles. The smallest absolute Gasteiger partial charge is 0.354 e. The number of benzene rings is 2. The van der Waals surface area contributed by atoms with Gasteiger partial charge in [0.25, 0.3) is 5.91 Å². The number of nitrogens with one attached hydrogen (secondary N) is 2. The topological polar surface area (TPSA) is 61.4 Å². The Labute approximate surface area is 196 Å². The van der Waals surface area contributed by atoms with Crippen molar-refractivity contribution in [3.8, 4) is 0 Å². The quantitative estimate of drug-likeness (QED) is 0.540. The fraction of sp³-hybridized carbons (Fsp3) is 0.440. The SMILES string of the molecule is CN(C)[C@H](CNC(=O)[C@H]1C[C@]1(C)c1ccccc1)Cc1ccc(C(=O)NCC(F)(F)F)c(F)c1. The van der Waals surface area contributed by atoms with Gasteiger partial charge in [-0.05, 0) is 50.2 Å². The van der Waals surface area contributed by atoms with Gasteiger partial charge >= 0.3 is 6.18 Å². The second-order valence-electron chi connectivity index (χ2n) is 9.22. The molecule has 1 aliphatic carbocycles. The van der Waals surface area contributed by atoms with Gasteiger partial charge < -0.3 is 15.5 Å². The Morgan fingerprint density at radius 2 is 1.79 bits per heavy atom. The largest absolute Gasteiger partial charge is 0.405 e. The molecule has 2 aromatic rings. The number of rotatable bonds is 9. The molecular formula is C25H29F4N3O2. The van der Waals surface area contributed by atoms with E-state index in [1.807, 2.05) is 49.3 Å². The van der Waals surface area contributed by atoms with E-state index >= 15 is 0 Å². The molecule has 9 heteroatoms. The third kappa shape index (κ3) is 6.34. The number of nitrogens with zero attached hydrogens (tertiary/aromatic N) is 1. The molecule has 1 aliphatic rings. The number of alkyl halides is 3. The Bertz CT molecular complexity index is 1030. The molecule has 3 rings (SSSR count). The van der Waals surface area contributed by atoms with Crippen LogP contribution in [0.2, 0.25) is 0 Å². The summed E-state index contributed by atoms with van der Waals surface area (Å²) >= 11 is 0. The first kappa shape index (κ1) is 25.7. The molecule has 184 valence electrons. The fourth-order valence-corrected chi connectivity index (χ4v) is 4.08. The van der Waals surface area contributed by atoms with Crippen LogP contribution in [0.5, 0.6) is 0 Å². The molecule has 0 radical (unpaired) electrons. The lowest BCUT2D eigenvalue weighted by atomic mass is 9.95. The number of halogens is 4. The molecule has 0 unspecified atom stereocenters. The Hall–Kier alpha value is -2.94. The van der Waals surface area contributed by atoms with Gasteiger partial charge in [-0.1, -0.05) is 43.3 Å². The summed E-state index contributed by atoms with van der Waals surface area (Å²) in [5.41, 5.74) is 1.08. The van der Waals surface area contributed by atoms with Crippen LogP contribution in [0.3, 0.4) is 0 Å². The van der Waals surface area contributed by atoms with Gasteiger partial charge in [-0.25, -0.2) is 4.39 Å². The predicted octanol–water partition coefficient (Wildman–Crippen LogP) is 3.68. The minimum Gasteiger partial charge on any atom is -0.354 e. The van der Waals surface area contributed by atoms with Crippen molar-refractivity contribution in [1.82, 2.24) is 15.5 Å². The minimum atomic E-state index is -4.57. The van der Waals surface area contributed by atoms with E-state index in [4.69, 9.17) is 0 Å². The van der Waals surface area contributed by atoms with Crippen molar-refractivity contribution in [2.45, 2.75) is 37.4 Å². The predicted molar refractivity (Wildman–Crippen MR) is 121 cm³/mol. The molecule has 2 N–H and O–H groups in total. The average molecular weight is 480 g/mol. The van der Waals surface area contributed by atoms with E-state index in [1.165, 1.54) is 12.1 Å². The highest BCUT2D eigenvalue weighted by atomic mass is 19.4. The first-order chi connectivity index (χ1) is 15.9. The third-order valence-corrected chi connectivity index (χ3v) is 6.43. The van der Waals surface area contributed by atoms with E-state index in [-0.39, 0.29) is 23.3 Å². The van der Waals surface area contributed by atoms with E-state index < -0.39 is 30.0 Å². The summed E-state index contributed by atoms with van der Waals surface area (Å²) < 4.78 is 51.3. The zero-order valence-corrected chi connectivity index (χ0v) is 19.4. The van der Waals surface area contributed by atoms with E-state index in [9.17, 15) is 27.2 Å². The molecule has 1 saturated carbocycles. The van der Waals surface area contributed by atoms with Gasteiger partial charge in [-0.3, -0.25) is 9.59 Å². The normalized spacial score (nSPS) is 20.6. The van der Waals surface area contributed by atoms with Crippen molar-refractivity contribution in [1.29, 1.82) is 0 Å². The van der Waals surface area contributed by atoms with Crippen LogP contribution in [0.4, 0.5) is 17.6 Å². The molecule has 0 heterocycles. The van der Waals surface area contributed by atoms with Crippen LogP contribution in [-0.2, 0) is 16.6 Å². The first-order valence-electron chi connectivity index (χ1n) is 11.0. The maximum Gasteiger partial charge on any atom is 0.405 e. The fourth-order valence-electron chi connectivity index (χ4n) is 4.08. The van der Waals surface area contributed by atoms with Crippen LogP contribution in [-0.4, -0.2) is 56.1 Å². The summed E-state index contributed by atoms with van der Waals surface area (Å²) in [6, 6.07) is 13.6. The minimum absolute atomic E-state index is 0.0268. The lowest BCUT2D eigenvalue weighted by molar-refractivity contribution is -0.123. The molecule has 0 spiro atoms. The second kappa shape index (κ2) is 10.1. The van der Waals surface area contributed by atoms with Gasteiger partial charge in [-0.2, -0.15) is 13.2 Å². The molecule has 0 bridgehead atoms. The lowest BCUT2D eigenvalue weighted by Crippen LogP contribution is -2.42. The monoisotopic (exact) mass is 479 g/mol. The van der Waals surface area contributed by atoms with Crippen molar-refractivity contribution in [3.05, 3.63) is 71.0 Å². The summed E-state index contributed by atoms with van der Waals surface area (Å²) in [6.45, 7) is 0.896. The highest BCUT2D eigenvalue weighted by molar-refractivity contribution is 5.94. The maximum absolute atomic E-state index is 14.4. The van der Waals surface area contributed by atoms with Crippen molar-refractivity contribution in [2.75, 3.05) is 27.2 Å². The molecule has 3 atom stereocenters. The van der Waals surface area contributed by atoms with Gasteiger partial charge in [0, 0.05) is 23.9 Å². The first-order valence-corrected chi connectivity index (χ1v) is 11.0. The van der Waals surface area contributed by atoms with Gasteiger partial charge in [0.05, 0.1) is 5.56 Å². The number of likely N-dealkylation sites (N-methyl/N-ethyl adjacent to an activating group) is 1. The van der Waals surface area contributed by atoms with Gasteiger partial charge in [0.15, 0.2) is 0 Å². The molecule has 0 aromatic heterocycles. The number of hydrogen-bond acceptors (Lipinski definition) is 3. The zero-order chi connectivity index (χ0) is 25.1. The molecule has 5 nitrogen and oxygen atoms in total. The van der Waals surface area contributed by atoms with Crippen LogP contribution >= 0.6 is 0 Å². The Kier molecular flexibility index (Phi) is 7.65. The second-order valence-corrected chi connectivity index (χ2v) is 9.22. The zero-order valence-electron chi connectivity index (χ0n) is 19.4. The average Bonchev–Trinajstić information content (AvgIpc) is 3.48. The van der Waals surface area contributed by atoms with Crippen LogP contribution in [0.1, 0.15) is 34.8 Å². The Morgan fingerprint density at radius 1 is 1.12 bits per heavy atom. The van der Waals surface area contributed by atoms with Crippen LogP contribution in [0.25, 0.3) is 0 Å². The van der Waals surface area contributed by atoms with Gasteiger partial charge in [0.1, 0.15) is 12.4 Å². The molecule has 34 heavy (non-hydrogen) atoms. The van der Waals surface area contributed by atoms with Gasteiger partial charge in [-0.15, -0.1) is 0 Å². The van der Waals surface area contributed by atoms with Crippen LogP contribution < -0.4 is 10.6 Å². The van der Waals surface area contributed by atoms with Crippen LogP contribution in [0.15, 0.2) is 48.5 Å². The van der Waals surface area contributed by atoms with E-state index in [0.717, 1.165) is 18.1 Å². The van der Waals surface area contributed by atoms with E-state index in [2.05, 4.69) is 12.2 Å². The molecule has 1 fully saturated rings. The number of hydrogen-bond donors (Lipinski definition) is 2. The summed E-state index contributed by atoms with van der Waals surface area (Å²) in [7, 11) is 3.69. The van der Waals surface area contributed by atoms with Crippen LogP contribution in [0, 0.1) is 11.7 Å². The van der Waals surface area contributed by atoms with Gasteiger partial charge in [0.2, 0.25) is 5.91 Å². The molecular weight excluding hydrogens is 450 g/mol. The summed E-state index contributed by atoms with van der Waals surface area (Å²) in [5, 5.41) is 4.67. The summed E-state index contributed by atoms with van der Waals surface area (Å²) in [5.74, 6) is -2.15. The number of carbonyl (C=O) groups is 2. The Balaban J connectivity index is 1.57. The third-order valence-electron chi connectivity index (χ3n) is 6.43. The highest BCUT2D eigenvalue weighted by Crippen LogP contribution is 2.53. The highest BCUT2D eigenvalue weighted by Gasteiger charge is 2.55. The van der Waals surface area contributed by atoms with Crippen molar-refractivity contribution < 1.29 is 27.2 Å². The molecule has 0 aliphatic heterocycles. The lowest BCUT2D eigenvalue weighted by Gasteiger charge is -2.25.